The van der Waals surface area contributed by atoms with Gasteiger partial charge in [-0.2, -0.15) is 5.10 Å². The zero-order chi connectivity index (χ0) is 15.6. The molecule has 1 amide bonds. The minimum atomic E-state index is -0.741. The number of aryl methyl sites for hydroxylation is 1. The smallest absolute Gasteiger partial charge is 0.358 e. The highest BCUT2D eigenvalue weighted by molar-refractivity contribution is 9.10. The molecule has 21 heavy (non-hydrogen) atoms. The molecule has 11 heteroatoms. The number of hydrogen-bond acceptors (Lipinski definition) is 5. The van der Waals surface area contributed by atoms with Crippen LogP contribution in [0.2, 0.25) is 5.02 Å². The Kier molecular flexibility index (Phi) is 4.58. The molecule has 0 aliphatic rings. The van der Waals surface area contributed by atoms with Gasteiger partial charge in [-0.25, -0.2) is 0 Å². The molecule has 0 saturated carbocycles. The van der Waals surface area contributed by atoms with Crippen molar-refractivity contribution in [3.8, 4) is 0 Å². The molecule has 0 radical (unpaired) electrons. The molecule has 2 aromatic rings. The van der Waals surface area contributed by atoms with E-state index in [9.17, 15) is 14.9 Å². The minimum absolute atomic E-state index is 0.185. The number of aromatic amines is 1. The summed E-state index contributed by atoms with van der Waals surface area (Å²) in [6.45, 7) is 2.74. The lowest BCUT2D eigenvalue weighted by Crippen LogP contribution is -2.25. The maximum absolute atomic E-state index is 12.0. The molecule has 2 aromatic heterocycles. The summed E-state index contributed by atoms with van der Waals surface area (Å²) >= 11 is 9.07. The van der Waals surface area contributed by atoms with Crippen LogP contribution in [0.4, 0.5) is 5.82 Å². The van der Waals surface area contributed by atoms with Crippen molar-refractivity contribution in [2.24, 2.45) is 0 Å². The molecule has 0 aliphatic heterocycles. The Morgan fingerprint density at radius 2 is 2.38 bits per heavy atom. The van der Waals surface area contributed by atoms with E-state index in [2.05, 4.69) is 36.5 Å². The highest BCUT2D eigenvalue weighted by atomic mass is 79.9. The number of hydrogen-bond donors (Lipinski definition) is 2. The van der Waals surface area contributed by atoms with Crippen LogP contribution in [0, 0.1) is 10.1 Å². The monoisotopic (exact) mass is 376 g/mol. The van der Waals surface area contributed by atoms with Gasteiger partial charge in [0.1, 0.15) is 0 Å². The van der Waals surface area contributed by atoms with Crippen LogP contribution >= 0.6 is 27.5 Å². The number of rotatable bonds is 5. The molecule has 112 valence electrons. The molecule has 0 unspecified atom stereocenters. The van der Waals surface area contributed by atoms with Crippen LogP contribution in [0.5, 0.6) is 0 Å². The van der Waals surface area contributed by atoms with Crippen LogP contribution in [0.3, 0.4) is 0 Å². The van der Waals surface area contributed by atoms with Crippen molar-refractivity contribution in [1.82, 2.24) is 25.3 Å². The van der Waals surface area contributed by atoms with E-state index in [1.165, 1.54) is 0 Å². The number of nitrogens with one attached hydrogen (secondary N) is 2. The second-order valence-electron chi connectivity index (χ2n) is 3.93. The highest BCUT2D eigenvalue weighted by Crippen LogP contribution is 2.24. The van der Waals surface area contributed by atoms with Gasteiger partial charge in [0.25, 0.3) is 5.91 Å². The molecule has 0 saturated heterocycles. The van der Waals surface area contributed by atoms with Crippen LogP contribution < -0.4 is 5.32 Å². The third kappa shape index (κ3) is 3.05. The molecule has 0 fully saturated rings. The summed E-state index contributed by atoms with van der Waals surface area (Å²) in [6.07, 6.45) is 1.62. The van der Waals surface area contributed by atoms with Crippen LogP contribution in [0.15, 0.2) is 10.7 Å². The van der Waals surface area contributed by atoms with Gasteiger partial charge >= 0.3 is 5.82 Å². The van der Waals surface area contributed by atoms with Gasteiger partial charge in [0.05, 0.1) is 22.9 Å². The molecular weight excluding hydrogens is 368 g/mol. The summed E-state index contributed by atoms with van der Waals surface area (Å²) in [4.78, 5) is 21.9. The molecule has 9 nitrogen and oxygen atoms in total. The maximum atomic E-state index is 12.0. The lowest BCUT2D eigenvalue weighted by molar-refractivity contribution is -0.389. The number of amides is 1. The Morgan fingerprint density at radius 3 is 2.95 bits per heavy atom. The second kappa shape index (κ2) is 6.22. The van der Waals surface area contributed by atoms with Gasteiger partial charge in [-0.1, -0.05) is 16.7 Å². The summed E-state index contributed by atoms with van der Waals surface area (Å²) in [6, 6.07) is 0. The normalized spacial score (nSPS) is 10.6. The molecule has 2 heterocycles. The summed E-state index contributed by atoms with van der Waals surface area (Å²) in [5.74, 6) is -1.12. The van der Waals surface area contributed by atoms with Crippen molar-refractivity contribution < 1.29 is 9.72 Å². The first-order valence-electron chi connectivity index (χ1n) is 5.82. The Morgan fingerprint density at radius 1 is 1.67 bits per heavy atom. The molecule has 0 bridgehead atoms. The fourth-order valence-corrected chi connectivity index (χ4v) is 2.35. The minimum Gasteiger partial charge on any atom is -0.358 e. The lowest BCUT2D eigenvalue weighted by atomic mass is 10.3. The molecule has 2 rings (SSSR count). The molecular formula is C10H10BrClN6O3. The van der Waals surface area contributed by atoms with E-state index in [1.807, 2.05) is 6.92 Å². The van der Waals surface area contributed by atoms with Gasteiger partial charge in [-0.15, -0.1) is 5.10 Å². The van der Waals surface area contributed by atoms with Crippen LogP contribution in [-0.4, -0.2) is 30.8 Å². The number of halogens is 2. The zero-order valence-corrected chi connectivity index (χ0v) is 13.1. The maximum Gasteiger partial charge on any atom is 0.362 e. The first kappa shape index (κ1) is 15.4. The van der Waals surface area contributed by atoms with Crippen LogP contribution in [-0.2, 0) is 13.1 Å². The first-order chi connectivity index (χ1) is 9.95. The van der Waals surface area contributed by atoms with E-state index in [1.54, 1.807) is 10.9 Å². The third-order valence-corrected chi connectivity index (χ3v) is 3.72. The summed E-state index contributed by atoms with van der Waals surface area (Å²) < 4.78 is 2.46. The number of carbonyl (C=O) groups excluding carboxylic acids is 1. The number of aromatic nitrogens is 4. The molecule has 0 aliphatic carbocycles. The predicted octanol–water partition coefficient (Wildman–Crippen LogP) is 1.88. The van der Waals surface area contributed by atoms with Gasteiger partial charge < -0.3 is 15.4 Å². The van der Waals surface area contributed by atoms with E-state index in [-0.39, 0.29) is 17.3 Å². The number of nitro groups is 1. The Labute approximate surface area is 131 Å². The SMILES string of the molecule is CCn1ncc(Br)c1CNC(=O)c1n[nH]c([N+](=O)[O-])c1Cl. The highest BCUT2D eigenvalue weighted by Gasteiger charge is 2.25. The van der Waals surface area contributed by atoms with Crippen molar-refractivity contribution in [2.75, 3.05) is 0 Å². The predicted molar refractivity (Wildman–Crippen MR) is 77.0 cm³/mol. The van der Waals surface area contributed by atoms with Gasteiger partial charge in [0.15, 0.2) is 10.7 Å². The number of H-pyrrole nitrogens is 1. The number of nitrogens with zero attached hydrogens (tertiary/aromatic N) is 4. The van der Waals surface area contributed by atoms with Gasteiger partial charge in [0, 0.05) is 6.54 Å². The van der Waals surface area contributed by atoms with E-state index in [0.717, 1.165) is 10.2 Å². The van der Waals surface area contributed by atoms with Crippen molar-refractivity contribution in [3.63, 3.8) is 0 Å². The zero-order valence-electron chi connectivity index (χ0n) is 10.8. The lowest BCUT2D eigenvalue weighted by Gasteiger charge is -2.06. The Balaban J connectivity index is 2.12. The fourth-order valence-electron chi connectivity index (χ4n) is 1.67. The molecule has 2 N–H and O–H groups in total. The second-order valence-corrected chi connectivity index (χ2v) is 5.16. The van der Waals surface area contributed by atoms with Crippen LogP contribution in [0.25, 0.3) is 0 Å². The van der Waals surface area contributed by atoms with E-state index < -0.39 is 16.6 Å². The molecule has 0 aromatic carbocycles. The van der Waals surface area contributed by atoms with Gasteiger partial charge in [-0.05, 0) is 27.8 Å². The van der Waals surface area contributed by atoms with E-state index in [0.29, 0.717) is 6.54 Å². The fraction of sp³-hybridized carbons (Fsp3) is 0.300. The quantitative estimate of drug-likeness (QED) is 0.609. The summed E-state index contributed by atoms with van der Waals surface area (Å²) in [7, 11) is 0. The topological polar surface area (TPSA) is 119 Å². The van der Waals surface area contributed by atoms with Crippen molar-refractivity contribution in [1.29, 1.82) is 0 Å². The average molecular weight is 378 g/mol. The number of carbonyl (C=O) groups is 1. The molecule has 0 spiro atoms. The van der Waals surface area contributed by atoms with Crippen LogP contribution in [0.1, 0.15) is 23.1 Å². The van der Waals surface area contributed by atoms with Crippen molar-refractivity contribution in [2.45, 2.75) is 20.0 Å². The van der Waals surface area contributed by atoms with E-state index in [4.69, 9.17) is 11.6 Å². The Hall–Kier alpha value is -1.94. The van der Waals surface area contributed by atoms with Gasteiger partial charge in [-0.3, -0.25) is 9.48 Å². The largest absolute Gasteiger partial charge is 0.362 e. The average Bonchev–Trinajstić information content (AvgIpc) is 2.99. The first-order valence-corrected chi connectivity index (χ1v) is 6.99. The summed E-state index contributed by atoms with van der Waals surface area (Å²) in [5.41, 5.74) is 0.550. The van der Waals surface area contributed by atoms with Crippen molar-refractivity contribution in [3.05, 3.63) is 37.2 Å². The van der Waals surface area contributed by atoms with Crippen molar-refractivity contribution >= 4 is 39.3 Å². The third-order valence-electron chi connectivity index (χ3n) is 2.70. The van der Waals surface area contributed by atoms with Gasteiger partial charge in [0.2, 0.25) is 0 Å². The van der Waals surface area contributed by atoms with E-state index >= 15 is 0 Å². The Bertz CT molecular complexity index is 697. The summed E-state index contributed by atoms with van der Waals surface area (Å²) in [5, 5.41) is 22.7. The standard InChI is InChI=1S/C10H10BrClN6O3/c1-2-17-6(5(11)3-14-17)4-13-10(19)8-7(12)9(16-15-8)18(20)21/h3H,2,4H2,1H3,(H,13,19)(H,15,16). The molecule has 0 atom stereocenters.